The average Bonchev–Trinajstić information content (AvgIpc) is 3.30. The summed E-state index contributed by atoms with van der Waals surface area (Å²) in [7, 11) is 0. The van der Waals surface area contributed by atoms with Crippen molar-refractivity contribution < 1.29 is 4.79 Å². The Morgan fingerprint density at radius 2 is 2.36 bits per heavy atom. The van der Waals surface area contributed by atoms with Crippen LogP contribution in [-0.2, 0) is 4.79 Å². The lowest BCUT2D eigenvalue weighted by Gasteiger charge is -2.26. The van der Waals surface area contributed by atoms with Gasteiger partial charge in [-0.15, -0.1) is 24.2 Å². The van der Waals surface area contributed by atoms with Crippen molar-refractivity contribution >= 4 is 46.8 Å². The van der Waals surface area contributed by atoms with Crippen molar-refractivity contribution in [3.63, 3.8) is 0 Å². The van der Waals surface area contributed by atoms with Gasteiger partial charge in [0.25, 0.3) is 5.91 Å². The monoisotopic (exact) mass is 379 g/mol. The summed E-state index contributed by atoms with van der Waals surface area (Å²) in [5.74, 6) is 1.49. The second-order valence-electron chi connectivity index (χ2n) is 6.17. The van der Waals surface area contributed by atoms with Crippen LogP contribution in [0.3, 0.4) is 0 Å². The molecule has 1 atom stereocenters. The lowest BCUT2D eigenvalue weighted by atomic mass is 10.1. The molecular formula is C17H22ClN5OS. The highest BCUT2D eigenvalue weighted by Gasteiger charge is 2.21. The highest BCUT2D eigenvalue weighted by molar-refractivity contribution is 8.04. The molecule has 0 radical (unpaired) electrons. The first-order valence-corrected chi connectivity index (χ1v) is 9.32. The molecule has 1 saturated heterocycles. The van der Waals surface area contributed by atoms with Gasteiger partial charge >= 0.3 is 0 Å². The maximum Gasteiger partial charge on any atom is 0.259 e. The minimum Gasteiger partial charge on any atom is -0.351 e. The van der Waals surface area contributed by atoms with Crippen molar-refractivity contribution in [2.24, 2.45) is 5.92 Å². The standard InChI is InChI=1S/C17H21N5OS.ClH/c23-17(21-10-12-1-4-18-9-12)15-11-22(7-8-24-15)14-3-6-20-16-13(14)2-5-19-16;/h2-3,5-6,11-12,18H,1,4,7-10H2,(H,19,20)(H,21,23);1H/t12-;/m1./s1. The normalized spacial score (nSPS) is 20.2. The lowest BCUT2D eigenvalue weighted by Crippen LogP contribution is -2.33. The van der Waals surface area contributed by atoms with E-state index >= 15 is 0 Å². The number of aromatic nitrogens is 2. The van der Waals surface area contributed by atoms with Gasteiger partial charge in [-0.1, -0.05) is 0 Å². The molecular weight excluding hydrogens is 358 g/mol. The molecule has 2 aromatic heterocycles. The molecule has 0 unspecified atom stereocenters. The topological polar surface area (TPSA) is 73.1 Å². The van der Waals surface area contributed by atoms with Gasteiger partial charge in [0.15, 0.2) is 0 Å². The van der Waals surface area contributed by atoms with Gasteiger partial charge in [-0.3, -0.25) is 4.79 Å². The number of thioether (sulfide) groups is 1. The number of nitrogens with one attached hydrogen (secondary N) is 3. The van der Waals surface area contributed by atoms with Gasteiger partial charge in [0.1, 0.15) is 5.65 Å². The molecule has 0 aliphatic carbocycles. The highest BCUT2D eigenvalue weighted by atomic mass is 35.5. The zero-order valence-corrected chi connectivity index (χ0v) is 15.5. The first kappa shape index (κ1) is 18.1. The van der Waals surface area contributed by atoms with E-state index in [1.54, 1.807) is 18.0 Å². The fraction of sp³-hybridized carbons (Fsp3) is 0.412. The van der Waals surface area contributed by atoms with E-state index in [4.69, 9.17) is 0 Å². The number of rotatable bonds is 4. The predicted octanol–water partition coefficient (Wildman–Crippen LogP) is 2.10. The van der Waals surface area contributed by atoms with Gasteiger partial charge in [-0.2, -0.15) is 0 Å². The fourth-order valence-electron chi connectivity index (χ4n) is 3.22. The Balaban J connectivity index is 0.00000182. The zero-order chi connectivity index (χ0) is 16.4. The Hall–Kier alpha value is -1.70. The van der Waals surface area contributed by atoms with Crippen molar-refractivity contribution in [2.45, 2.75) is 6.42 Å². The van der Waals surface area contributed by atoms with Crippen LogP contribution >= 0.6 is 24.2 Å². The third kappa shape index (κ3) is 3.94. The summed E-state index contributed by atoms with van der Waals surface area (Å²) in [5.41, 5.74) is 1.96. The van der Waals surface area contributed by atoms with Crippen molar-refractivity contribution in [1.82, 2.24) is 20.6 Å². The number of carbonyl (C=O) groups is 1. The number of H-pyrrole nitrogens is 1. The summed E-state index contributed by atoms with van der Waals surface area (Å²) < 4.78 is 0. The number of hydrogen-bond donors (Lipinski definition) is 3. The molecule has 3 N–H and O–H groups in total. The fourth-order valence-corrected chi connectivity index (χ4v) is 4.13. The summed E-state index contributed by atoms with van der Waals surface area (Å²) in [6.07, 6.45) is 6.81. The molecule has 8 heteroatoms. The summed E-state index contributed by atoms with van der Waals surface area (Å²) in [5, 5.41) is 7.50. The highest BCUT2D eigenvalue weighted by Crippen LogP contribution is 2.30. The molecule has 0 bridgehead atoms. The van der Waals surface area contributed by atoms with Crippen LogP contribution in [0.15, 0.2) is 35.6 Å². The Morgan fingerprint density at radius 3 is 3.20 bits per heavy atom. The van der Waals surface area contributed by atoms with Gasteiger partial charge in [-0.25, -0.2) is 4.98 Å². The average molecular weight is 380 g/mol. The molecule has 25 heavy (non-hydrogen) atoms. The molecule has 1 fully saturated rings. The van der Waals surface area contributed by atoms with E-state index in [0.717, 1.165) is 60.0 Å². The Kier molecular flexibility index (Phi) is 5.88. The summed E-state index contributed by atoms with van der Waals surface area (Å²) in [6.45, 7) is 3.70. The molecule has 0 spiro atoms. The quantitative estimate of drug-likeness (QED) is 0.758. The van der Waals surface area contributed by atoms with Gasteiger partial charge in [0, 0.05) is 42.8 Å². The third-order valence-electron chi connectivity index (χ3n) is 4.55. The number of anilines is 1. The predicted molar refractivity (Wildman–Crippen MR) is 105 cm³/mol. The van der Waals surface area contributed by atoms with Crippen LogP contribution in [0.4, 0.5) is 5.69 Å². The van der Waals surface area contributed by atoms with Gasteiger partial charge in [0.2, 0.25) is 0 Å². The molecule has 4 rings (SSSR count). The van der Waals surface area contributed by atoms with Crippen molar-refractivity contribution in [2.75, 3.05) is 36.8 Å². The first-order chi connectivity index (χ1) is 11.8. The summed E-state index contributed by atoms with van der Waals surface area (Å²) in [4.78, 5) is 22.9. The molecule has 0 aromatic carbocycles. The van der Waals surface area contributed by atoms with E-state index in [2.05, 4.69) is 25.5 Å². The van der Waals surface area contributed by atoms with E-state index in [1.165, 1.54) is 0 Å². The maximum absolute atomic E-state index is 12.5. The number of pyridine rings is 1. The van der Waals surface area contributed by atoms with Crippen LogP contribution in [-0.4, -0.2) is 47.8 Å². The van der Waals surface area contributed by atoms with E-state index in [-0.39, 0.29) is 18.3 Å². The molecule has 0 saturated carbocycles. The number of aromatic amines is 1. The Labute approximate surface area is 157 Å². The molecule has 4 heterocycles. The molecule has 6 nitrogen and oxygen atoms in total. The molecule has 2 aliphatic rings. The van der Waals surface area contributed by atoms with Crippen molar-refractivity contribution in [3.8, 4) is 0 Å². The smallest absolute Gasteiger partial charge is 0.259 e. The van der Waals surface area contributed by atoms with Crippen LogP contribution in [0, 0.1) is 5.92 Å². The largest absolute Gasteiger partial charge is 0.351 e. The van der Waals surface area contributed by atoms with Gasteiger partial charge in [0.05, 0.1) is 10.6 Å². The Morgan fingerprint density at radius 1 is 1.44 bits per heavy atom. The first-order valence-electron chi connectivity index (χ1n) is 8.33. The number of carbonyl (C=O) groups excluding carboxylic acids is 1. The van der Waals surface area contributed by atoms with E-state index in [0.29, 0.717) is 5.92 Å². The van der Waals surface area contributed by atoms with Crippen LogP contribution in [0.25, 0.3) is 11.0 Å². The third-order valence-corrected chi connectivity index (χ3v) is 5.54. The molecule has 1 amide bonds. The van der Waals surface area contributed by atoms with Crippen LogP contribution in [0.5, 0.6) is 0 Å². The van der Waals surface area contributed by atoms with Crippen molar-refractivity contribution in [1.29, 1.82) is 0 Å². The Bertz CT molecular complexity index is 771. The molecule has 134 valence electrons. The number of fused-ring (bicyclic) bond motifs is 1. The van der Waals surface area contributed by atoms with Gasteiger partial charge < -0.3 is 20.5 Å². The van der Waals surface area contributed by atoms with Crippen LogP contribution < -0.4 is 15.5 Å². The summed E-state index contributed by atoms with van der Waals surface area (Å²) in [6, 6.07) is 4.03. The molecule has 2 aliphatic heterocycles. The SMILES string of the molecule is Cl.O=C(NC[C@@H]1CCNC1)C1=CN(c2ccnc3[nH]ccc23)CCS1. The van der Waals surface area contributed by atoms with E-state index in [9.17, 15) is 4.79 Å². The van der Waals surface area contributed by atoms with Gasteiger partial charge in [-0.05, 0) is 37.6 Å². The second-order valence-corrected chi connectivity index (χ2v) is 7.31. The maximum atomic E-state index is 12.5. The second kappa shape index (κ2) is 8.12. The van der Waals surface area contributed by atoms with Crippen LogP contribution in [0.2, 0.25) is 0 Å². The summed E-state index contributed by atoms with van der Waals surface area (Å²) >= 11 is 1.63. The minimum absolute atomic E-state index is 0. The zero-order valence-electron chi connectivity index (χ0n) is 13.8. The number of hydrogen-bond acceptors (Lipinski definition) is 5. The number of nitrogens with zero attached hydrogens (tertiary/aromatic N) is 2. The van der Waals surface area contributed by atoms with Crippen LogP contribution in [0.1, 0.15) is 6.42 Å². The molecule has 2 aromatic rings. The lowest BCUT2D eigenvalue weighted by molar-refractivity contribution is -0.117. The van der Waals surface area contributed by atoms with E-state index < -0.39 is 0 Å². The van der Waals surface area contributed by atoms with E-state index in [1.807, 2.05) is 24.5 Å². The van der Waals surface area contributed by atoms with Crippen molar-refractivity contribution in [3.05, 3.63) is 35.6 Å². The number of halogens is 1. The minimum atomic E-state index is 0. The number of amides is 1.